The maximum Gasteiger partial charge on any atom is 0.333 e. The molecule has 0 unspecified atom stereocenters. The SMILES string of the molecule is O=C(Nc1c2c(cc3c1CCC3)CCC2)NS(=O)(=O)c1cnn2c1OCC(F)(F)C2. The molecule has 0 saturated heterocycles. The molecular weight excluding hydrogens is 418 g/mol. The van der Waals surface area contributed by atoms with Crippen molar-refractivity contribution in [1.29, 1.82) is 0 Å². The third-order valence-electron chi connectivity index (χ3n) is 5.79. The van der Waals surface area contributed by atoms with Crippen molar-refractivity contribution in [3.05, 3.63) is 34.5 Å². The summed E-state index contributed by atoms with van der Waals surface area (Å²) in [6.45, 7) is -1.73. The van der Waals surface area contributed by atoms with Gasteiger partial charge in [-0.1, -0.05) is 6.07 Å². The molecule has 0 saturated carbocycles. The molecule has 160 valence electrons. The predicted molar refractivity (Wildman–Crippen MR) is 103 cm³/mol. The number of amides is 2. The van der Waals surface area contributed by atoms with E-state index in [-0.39, 0.29) is 5.88 Å². The summed E-state index contributed by atoms with van der Waals surface area (Å²) in [4.78, 5) is 12.2. The maximum absolute atomic E-state index is 13.4. The van der Waals surface area contributed by atoms with Gasteiger partial charge in [0.2, 0.25) is 5.88 Å². The van der Waals surface area contributed by atoms with Gasteiger partial charge in [0.05, 0.1) is 6.20 Å². The number of sulfonamides is 1. The third-order valence-corrected chi connectivity index (χ3v) is 7.10. The highest BCUT2D eigenvalue weighted by molar-refractivity contribution is 7.90. The molecule has 1 aromatic heterocycles. The van der Waals surface area contributed by atoms with E-state index in [4.69, 9.17) is 4.74 Å². The van der Waals surface area contributed by atoms with Crippen molar-refractivity contribution in [3.63, 3.8) is 0 Å². The van der Waals surface area contributed by atoms with Crippen LogP contribution in [0.3, 0.4) is 0 Å². The number of alkyl halides is 2. The number of fused-ring (bicyclic) bond motifs is 3. The number of aromatic nitrogens is 2. The minimum absolute atomic E-state index is 0.303. The number of aryl methyl sites for hydroxylation is 2. The molecule has 2 N–H and O–H groups in total. The molecule has 30 heavy (non-hydrogen) atoms. The molecule has 2 aliphatic carbocycles. The van der Waals surface area contributed by atoms with Crippen molar-refractivity contribution in [2.75, 3.05) is 11.9 Å². The molecule has 1 aliphatic heterocycles. The number of carbonyl (C=O) groups excluding carboxylic acids is 1. The van der Waals surface area contributed by atoms with E-state index in [1.165, 1.54) is 11.1 Å². The third kappa shape index (κ3) is 3.21. The molecule has 5 rings (SSSR count). The quantitative estimate of drug-likeness (QED) is 0.766. The van der Waals surface area contributed by atoms with Gasteiger partial charge in [0, 0.05) is 5.69 Å². The van der Waals surface area contributed by atoms with E-state index < -0.39 is 40.0 Å². The van der Waals surface area contributed by atoms with Crippen molar-refractivity contribution in [3.8, 4) is 5.88 Å². The normalized spacial score (nSPS) is 18.9. The van der Waals surface area contributed by atoms with Gasteiger partial charge in [-0.3, -0.25) is 0 Å². The number of urea groups is 1. The van der Waals surface area contributed by atoms with E-state index in [0.29, 0.717) is 5.69 Å². The fraction of sp³-hybridized carbons (Fsp3) is 0.474. The van der Waals surface area contributed by atoms with Gasteiger partial charge in [0.15, 0.2) is 11.5 Å². The molecule has 0 radical (unpaired) electrons. The van der Waals surface area contributed by atoms with Gasteiger partial charge in [-0.25, -0.2) is 31.4 Å². The highest BCUT2D eigenvalue weighted by atomic mass is 32.2. The smallest absolute Gasteiger partial charge is 0.333 e. The Hall–Kier alpha value is -2.69. The largest absolute Gasteiger partial charge is 0.470 e. The van der Waals surface area contributed by atoms with Gasteiger partial charge in [0.1, 0.15) is 6.54 Å². The highest BCUT2D eigenvalue weighted by Gasteiger charge is 2.40. The highest BCUT2D eigenvalue weighted by Crippen LogP contribution is 2.38. The van der Waals surface area contributed by atoms with Crippen LogP contribution in [0.1, 0.15) is 35.1 Å². The molecule has 2 aromatic rings. The second kappa shape index (κ2) is 6.66. The van der Waals surface area contributed by atoms with Crippen molar-refractivity contribution in [1.82, 2.24) is 14.5 Å². The summed E-state index contributed by atoms with van der Waals surface area (Å²) in [5.41, 5.74) is 5.24. The number of rotatable bonds is 3. The van der Waals surface area contributed by atoms with Gasteiger partial charge in [-0.2, -0.15) is 5.10 Å². The summed E-state index contributed by atoms with van der Waals surface area (Å²) < 4.78 is 60.0. The molecule has 0 fully saturated rings. The van der Waals surface area contributed by atoms with Crippen LogP contribution in [0, 0.1) is 0 Å². The molecule has 2 heterocycles. The van der Waals surface area contributed by atoms with Crippen LogP contribution in [-0.4, -0.2) is 36.8 Å². The van der Waals surface area contributed by atoms with E-state index in [2.05, 4.69) is 16.5 Å². The molecule has 1 aromatic carbocycles. The lowest BCUT2D eigenvalue weighted by atomic mass is 9.99. The van der Waals surface area contributed by atoms with Crippen LogP contribution in [-0.2, 0) is 42.3 Å². The lowest BCUT2D eigenvalue weighted by Gasteiger charge is -2.24. The Kier molecular flexibility index (Phi) is 4.28. The van der Waals surface area contributed by atoms with E-state index in [1.54, 1.807) is 0 Å². The Bertz CT molecular complexity index is 1130. The Morgan fingerprint density at radius 2 is 1.80 bits per heavy atom. The maximum atomic E-state index is 13.4. The number of nitrogens with zero attached hydrogens (tertiary/aromatic N) is 2. The molecule has 0 bridgehead atoms. The van der Waals surface area contributed by atoms with Gasteiger partial charge in [-0.05, 0) is 60.8 Å². The number of anilines is 1. The monoisotopic (exact) mass is 438 g/mol. The first-order valence-electron chi connectivity index (χ1n) is 9.80. The second-order valence-corrected chi connectivity index (χ2v) is 9.56. The summed E-state index contributed by atoms with van der Waals surface area (Å²) in [7, 11) is -4.36. The number of nitrogens with one attached hydrogen (secondary N) is 2. The summed E-state index contributed by atoms with van der Waals surface area (Å²) in [5, 5.41) is 6.40. The van der Waals surface area contributed by atoms with E-state index in [9.17, 15) is 22.0 Å². The Labute approximate surface area is 171 Å². The minimum atomic E-state index is -4.36. The van der Waals surface area contributed by atoms with Crippen molar-refractivity contribution < 1.29 is 26.7 Å². The van der Waals surface area contributed by atoms with Crippen LogP contribution in [0.25, 0.3) is 0 Å². The molecule has 8 nitrogen and oxygen atoms in total. The summed E-state index contributed by atoms with van der Waals surface area (Å²) >= 11 is 0. The number of benzene rings is 1. The Morgan fingerprint density at radius 1 is 1.13 bits per heavy atom. The van der Waals surface area contributed by atoms with Crippen molar-refractivity contribution >= 4 is 21.7 Å². The first-order chi connectivity index (χ1) is 14.2. The van der Waals surface area contributed by atoms with Crippen LogP contribution in [0.5, 0.6) is 5.88 Å². The number of hydrogen-bond acceptors (Lipinski definition) is 5. The zero-order valence-corrected chi connectivity index (χ0v) is 16.8. The molecule has 0 atom stereocenters. The minimum Gasteiger partial charge on any atom is -0.470 e. The van der Waals surface area contributed by atoms with Crippen LogP contribution in [0.15, 0.2) is 17.2 Å². The van der Waals surface area contributed by atoms with E-state index in [0.717, 1.165) is 60.5 Å². The topological polar surface area (TPSA) is 102 Å². The molecule has 3 aliphatic rings. The van der Waals surface area contributed by atoms with Gasteiger partial charge in [0.25, 0.3) is 10.0 Å². The first-order valence-corrected chi connectivity index (χ1v) is 11.3. The van der Waals surface area contributed by atoms with Crippen LogP contribution < -0.4 is 14.8 Å². The van der Waals surface area contributed by atoms with Gasteiger partial charge < -0.3 is 10.1 Å². The van der Waals surface area contributed by atoms with Crippen LogP contribution in [0.4, 0.5) is 19.3 Å². The Balaban J connectivity index is 1.39. The van der Waals surface area contributed by atoms with Crippen LogP contribution >= 0.6 is 0 Å². The fourth-order valence-corrected chi connectivity index (χ4v) is 5.51. The van der Waals surface area contributed by atoms with E-state index in [1.807, 2.05) is 4.72 Å². The van der Waals surface area contributed by atoms with Gasteiger partial charge >= 0.3 is 12.0 Å². The average molecular weight is 438 g/mol. The first kappa shape index (κ1) is 19.3. The summed E-state index contributed by atoms with van der Waals surface area (Å²) in [6.07, 6.45) is 6.47. The second-order valence-electron chi connectivity index (χ2n) is 7.91. The number of halogens is 2. The molecular formula is C19H20F2N4O4S. The lowest BCUT2D eigenvalue weighted by molar-refractivity contribution is -0.0805. The van der Waals surface area contributed by atoms with Crippen LogP contribution in [0.2, 0.25) is 0 Å². The molecule has 11 heteroatoms. The predicted octanol–water partition coefficient (Wildman–Crippen LogP) is 2.40. The number of ether oxygens (including phenoxy) is 1. The average Bonchev–Trinajstić information content (AvgIpc) is 3.38. The summed E-state index contributed by atoms with van der Waals surface area (Å²) in [5.74, 6) is -3.44. The van der Waals surface area contributed by atoms with E-state index >= 15 is 0 Å². The zero-order valence-electron chi connectivity index (χ0n) is 16.0. The standard InChI is InChI=1S/C19H20F2N4O4S/c20-19(21)9-25-17(29-10-19)15(8-22-25)30(27,28)24-18(26)23-16-13-5-1-3-11(13)7-12-4-2-6-14(12)16/h7-8H,1-6,9-10H2,(H2,23,24,26). The van der Waals surface area contributed by atoms with Gasteiger partial charge in [-0.15, -0.1) is 0 Å². The number of carbonyl (C=O) groups is 1. The number of hydrogen-bond donors (Lipinski definition) is 2. The zero-order chi connectivity index (χ0) is 21.1. The molecule has 2 amide bonds. The van der Waals surface area contributed by atoms with Crippen molar-refractivity contribution in [2.24, 2.45) is 0 Å². The summed E-state index contributed by atoms with van der Waals surface area (Å²) in [6, 6.07) is 1.31. The molecule has 0 spiro atoms. The van der Waals surface area contributed by atoms with Crippen molar-refractivity contribution in [2.45, 2.75) is 55.9 Å². The fourth-order valence-electron chi connectivity index (χ4n) is 4.52. The Morgan fingerprint density at radius 3 is 2.47 bits per heavy atom. The lowest BCUT2D eigenvalue weighted by Crippen LogP contribution is -2.38.